The molecule has 3 nitrogen and oxygen atoms in total. The monoisotopic (exact) mass is 325 g/mol. The minimum atomic E-state index is -0.472. The number of carbonyl (C=O) groups is 2. The topological polar surface area (TPSA) is 46.2 Å². The molecule has 0 radical (unpaired) electrons. The maximum Gasteiger partial charge on any atom is 0.233 e. The molecule has 0 heterocycles. The lowest BCUT2D eigenvalue weighted by molar-refractivity contribution is -0.111. The van der Waals surface area contributed by atoms with Crippen LogP contribution in [-0.4, -0.2) is 11.6 Å². The third-order valence-corrected chi connectivity index (χ3v) is 4.22. The van der Waals surface area contributed by atoms with E-state index < -0.39 is 11.6 Å². The normalized spacial score (nSPS) is 13.2. The molecule has 3 aromatic rings. The number of allylic oxidation sites excluding steroid dienone is 1. The molecule has 4 rings (SSSR count). The molecule has 0 aliphatic heterocycles. The molecule has 0 bridgehead atoms. The van der Waals surface area contributed by atoms with Crippen LogP contribution in [0.4, 0.5) is 11.4 Å². The zero-order chi connectivity index (χ0) is 17.2. The molecule has 120 valence electrons. The van der Waals surface area contributed by atoms with Crippen LogP contribution < -0.4 is 5.32 Å². The molecule has 3 heteroatoms. The van der Waals surface area contributed by atoms with E-state index in [2.05, 4.69) is 5.32 Å². The zero-order valence-corrected chi connectivity index (χ0v) is 13.4. The highest BCUT2D eigenvalue weighted by Gasteiger charge is 2.25. The van der Waals surface area contributed by atoms with Crippen LogP contribution in [0.1, 0.15) is 21.5 Å². The second-order valence-electron chi connectivity index (χ2n) is 5.87. The summed E-state index contributed by atoms with van der Waals surface area (Å²) in [6.07, 6.45) is 1.43. The van der Waals surface area contributed by atoms with Crippen molar-refractivity contribution in [2.45, 2.75) is 0 Å². The molecule has 0 fully saturated rings. The van der Waals surface area contributed by atoms with Crippen molar-refractivity contribution < 1.29 is 9.59 Å². The van der Waals surface area contributed by atoms with E-state index in [1.807, 2.05) is 66.7 Å². The first-order valence-electron chi connectivity index (χ1n) is 8.04. The predicted molar refractivity (Wildman–Crippen MR) is 99.0 cm³/mol. The lowest BCUT2D eigenvalue weighted by Crippen LogP contribution is -2.18. The molecule has 0 spiro atoms. The predicted octanol–water partition coefficient (Wildman–Crippen LogP) is 4.63. The molecule has 0 unspecified atom stereocenters. The van der Waals surface area contributed by atoms with Crippen molar-refractivity contribution in [3.8, 4) is 0 Å². The lowest BCUT2D eigenvalue weighted by Gasteiger charge is -2.16. The number of carbonyl (C=O) groups excluding carboxylic acids is 2. The number of anilines is 2. The summed E-state index contributed by atoms with van der Waals surface area (Å²) in [7, 11) is 0. The molecule has 25 heavy (non-hydrogen) atoms. The van der Waals surface area contributed by atoms with Gasteiger partial charge in [0.1, 0.15) is 0 Å². The number of nitrogens with one attached hydrogen (secondary N) is 1. The Morgan fingerprint density at radius 1 is 0.600 bits per heavy atom. The SMILES string of the molecule is O=C1C=C(c2ccc(Nc3ccccc3)cc2)c2ccccc2C1=O. The summed E-state index contributed by atoms with van der Waals surface area (Å²) in [4.78, 5) is 24.1. The first kappa shape index (κ1) is 15.1. The lowest BCUT2D eigenvalue weighted by atomic mass is 9.86. The molecular formula is C22H15NO2. The Hall–Kier alpha value is -3.46. The molecule has 0 saturated heterocycles. The van der Waals surface area contributed by atoms with Gasteiger partial charge < -0.3 is 5.32 Å². The van der Waals surface area contributed by atoms with Gasteiger partial charge in [-0.15, -0.1) is 0 Å². The molecule has 0 atom stereocenters. The van der Waals surface area contributed by atoms with E-state index in [1.165, 1.54) is 6.08 Å². The summed E-state index contributed by atoms with van der Waals surface area (Å²) in [5, 5.41) is 3.33. The van der Waals surface area contributed by atoms with Crippen molar-refractivity contribution in [1.29, 1.82) is 0 Å². The van der Waals surface area contributed by atoms with Crippen LogP contribution in [0.5, 0.6) is 0 Å². The van der Waals surface area contributed by atoms with Gasteiger partial charge in [-0.25, -0.2) is 0 Å². The van der Waals surface area contributed by atoms with E-state index in [9.17, 15) is 9.59 Å². The number of hydrogen-bond acceptors (Lipinski definition) is 3. The Balaban J connectivity index is 1.67. The summed E-state index contributed by atoms with van der Waals surface area (Å²) < 4.78 is 0. The third-order valence-electron chi connectivity index (χ3n) is 4.22. The highest BCUT2D eigenvalue weighted by molar-refractivity contribution is 6.51. The average molecular weight is 325 g/mol. The van der Waals surface area contributed by atoms with Crippen molar-refractivity contribution in [1.82, 2.24) is 0 Å². The summed E-state index contributed by atoms with van der Waals surface area (Å²) >= 11 is 0. The molecule has 0 saturated carbocycles. The number of para-hydroxylation sites is 1. The first-order chi connectivity index (χ1) is 12.2. The standard InChI is InChI=1S/C22H15NO2/c24-21-14-20(18-8-4-5-9-19(18)22(21)25)15-10-12-17(13-11-15)23-16-6-2-1-3-7-16/h1-14,23H. The second-order valence-corrected chi connectivity index (χ2v) is 5.87. The summed E-state index contributed by atoms with van der Waals surface area (Å²) in [6.45, 7) is 0. The minimum absolute atomic E-state index is 0.443. The molecule has 0 aromatic heterocycles. The number of hydrogen-bond donors (Lipinski definition) is 1. The molecule has 1 N–H and O–H groups in total. The van der Waals surface area contributed by atoms with Crippen LogP contribution in [0.25, 0.3) is 5.57 Å². The Kier molecular flexibility index (Phi) is 3.75. The highest BCUT2D eigenvalue weighted by atomic mass is 16.2. The molecule has 3 aromatic carbocycles. The maximum absolute atomic E-state index is 12.0. The number of fused-ring (bicyclic) bond motifs is 1. The van der Waals surface area contributed by atoms with Crippen LogP contribution in [0.2, 0.25) is 0 Å². The average Bonchev–Trinajstić information content (AvgIpc) is 2.66. The van der Waals surface area contributed by atoms with Gasteiger partial charge in [-0.2, -0.15) is 0 Å². The van der Waals surface area contributed by atoms with Gasteiger partial charge in [-0.1, -0.05) is 54.6 Å². The Labute approximate surface area is 145 Å². The van der Waals surface area contributed by atoms with Gasteiger partial charge in [0, 0.05) is 16.9 Å². The van der Waals surface area contributed by atoms with Crippen molar-refractivity contribution in [3.63, 3.8) is 0 Å². The molecule has 1 aliphatic carbocycles. The number of rotatable bonds is 3. The van der Waals surface area contributed by atoms with Crippen molar-refractivity contribution in [2.24, 2.45) is 0 Å². The Bertz CT molecular complexity index is 986. The fourth-order valence-corrected chi connectivity index (χ4v) is 2.98. The summed E-state index contributed by atoms with van der Waals surface area (Å²) in [5.74, 6) is -0.915. The van der Waals surface area contributed by atoms with Gasteiger partial charge in [0.05, 0.1) is 0 Å². The summed E-state index contributed by atoms with van der Waals surface area (Å²) in [6, 6.07) is 25.0. The van der Waals surface area contributed by atoms with E-state index >= 15 is 0 Å². The van der Waals surface area contributed by atoms with E-state index in [0.717, 1.165) is 28.1 Å². The quantitative estimate of drug-likeness (QED) is 0.714. The van der Waals surface area contributed by atoms with Crippen molar-refractivity contribution in [2.75, 3.05) is 5.32 Å². The second kappa shape index (κ2) is 6.21. The van der Waals surface area contributed by atoms with Crippen LogP contribution in [0, 0.1) is 0 Å². The van der Waals surface area contributed by atoms with Gasteiger partial charge in [0.15, 0.2) is 0 Å². The van der Waals surface area contributed by atoms with E-state index in [0.29, 0.717) is 5.56 Å². The smallest absolute Gasteiger partial charge is 0.233 e. The van der Waals surface area contributed by atoms with Gasteiger partial charge >= 0.3 is 0 Å². The van der Waals surface area contributed by atoms with E-state index in [1.54, 1.807) is 12.1 Å². The number of Topliss-reactive ketones (excluding diaryl/α,β-unsaturated/α-hetero) is 1. The van der Waals surface area contributed by atoms with Gasteiger partial charge in [0.2, 0.25) is 11.6 Å². The molecular weight excluding hydrogens is 310 g/mol. The molecule has 0 amide bonds. The van der Waals surface area contributed by atoms with E-state index in [-0.39, 0.29) is 0 Å². The van der Waals surface area contributed by atoms with Crippen molar-refractivity contribution in [3.05, 3.63) is 102 Å². The van der Waals surface area contributed by atoms with Crippen molar-refractivity contribution >= 4 is 28.5 Å². The van der Waals surface area contributed by atoms with Crippen LogP contribution in [-0.2, 0) is 4.79 Å². The minimum Gasteiger partial charge on any atom is -0.356 e. The highest BCUT2D eigenvalue weighted by Crippen LogP contribution is 2.31. The largest absolute Gasteiger partial charge is 0.356 e. The van der Waals surface area contributed by atoms with Gasteiger partial charge in [0.25, 0.3) is 0 Å². The zero-order valence-electron chi connectivity index (χ0n) is 13.4. The fraction of sp³-hybridized carbons (Fsp3) is 0. The van der Waals surface area contributed by atoms with Crippen LogP contribution >= 0.6 is 0 Å². The fourth-order valence-electron chi connectivity index (χ4n) is 2.98. The maximum atomic E-state index is 12.0. The summed E-state index contributed by atoms with van der Waals surface area (Å²) in [5.41, 5.74) is 4.94. The van der Waals surface area contributed by atoms with Gasteiger partial charge in [-0.3, -0.25) is 9.59 Å². The van der Waals surface area contributed by atoms with Gasteiger partial charge in [-0.05, 0) is 47.0 Å². The Morgan fingerprint density at radius 2 is 1.20 bits per heavy atom. The van der Waals surface area contributed by atoms with E-state index in [4.69, 9.17) is 0 Å². The first-order valence-corrected chi connectivity index (χ1v) is 8.04. The van der Waals surface area contributed by atoms with Crippen LogP contribution in [0.15, 0.2) is 84.9 Å². The Morgan fingerprint density at radius 3 is 1.92 bits per heavy atom. The van der Waals surface area contributed by atoms with Crippen LogP contribution in [0.3, 0.4) is 0 Å². The molecule has 1 aliphatic rings. The number of ketones is 2. The number of benzene rings is 3. The third kappa shape index (κ3) is 2.88.